The van der Waals surface area contributed by atoms with Gasteiger partial charge in [0.2, 0.25) is 5.78 Å². The molecule has 2 rings (SSSR count). The zero-order valence-electron chi connectivity index (χ0n) is 9.81. The van der Waals surface area contributed by atoms with Crippen LogP contribution < -0.4 is 4.90 Å². The van der Waals surface area contributed by atoms with Crippen LogP contribution in [0.25, 0.3) is 10.8 Å². The number of ketones is 1. The van der Waals surface area contributed by atoms with Crippen LogP contribution in [0, 0.1) is 0 Å². The van der Waals surface area contributed by atoms with Crippen LogP contribution >= 0.6 is 0 Å². The second-order valence-electron chi connectivity index (χ2n) is 3.95. The predicted octanol–water partition coefficient (Wildman–Crippen LogP) is 2.39. The lowest BCUT2D eigenvalue weighted by molar-refractivity contribution is -0.134. The fourth-order valence-electron chi connectivity index (χ4n) is 1.74. The van der Waals surface area contributed by atoms with Gasteiger partial charge < -0.3 is 4.90 Å². The molecule has 0 saturated heterocycles. The molecule has 0 aliphatic heterocycles. The Hall–Kier alpha value is -2.16. The zero-order valence-corrected chi connectivity index (χ0v) is 9.81. The summed E-state index contributed by atoms with van der Waals surface area (Å²) in [6.07, 6.45) is 0. The Morgan fingerprint density at radius 1 is 1.00 bits per heavy atom. The number of rotatable bonds is 2. The summed E-state index contributed by atoms with van der Waals surface area (Å²) in [5, 5.41) is 2.16. The smallest absolute Gasteiger partial charge is 0.293 e. The lowest BCUT2D eigenvalue weighted by atomic mass is 10.1. The van der Waals surface area contributed by atoms with E-state index in [9.17, 15) is 9.59 Å². The van der Waals surface area contributed by atoms with Gasteiger partial charge in [-0.15, -0.1) is 0 Å². The van der Waals surface area contributed by atoms with E-state index in [-0.39, 0.29) is 0 Å². The van der Waals surface area contributed by atoms with Crippen LogP contribution in [0.15, 0.2) is 42.5 Å². The molecule has 3 nitrogen and oxygen atoms in total. The average Bonchev–Trinajstić information content (AvgIpc) is 2.36. The molecule has 17 heavy (non-hydrogen) atoms. The van der Waals surface area contributed by atoms with Crippen LogP contribution in [0.2, 0.25) is 0 Å². The molecule has 0 bridgehead atoms. The molecule has 0 aliphatic rings. The van der Waals surface area contributed by atoms with Crippen molar-refractivity contribution in [1.29, 1.82) is 0 Å². The standard InChI is InChI=1S/C14H13NO2/c1-10(16)14(17)15(2)13-8-7-11-5-3-4-6-12(11)9-13/h3-9H,1-2H3. The van der Waals surface area contributed by atoms with Gasteiger partial charge in [-0.2, -0.15) is 0 Å². The minimum Gasteiger partial charge on any atom is -0.309 e. The van der Waals surface area contributed by atoms with Gasteiger partial charge in [-0.1, -0.05) is 30.3 Å². The minimum atomic E-state index is -0.500. The molecule has 0 heterocycles. The van der Waals surface area contributed by atoms with Crippen LogP contribution in [-0.4, -0.2) is 18.7 Å². The van der Waals surface area contributed by atoms with Gasteiger partial charge in [-0.25, -0.2) is 0 Å². The van der Waals surface area contributed by atoms with Gasteiger partial charge in [0.25, 0.3) is 5.91 Å². The average molecular weight is 227 g/mol. The number of hydrogen-bond acceptors (Lipinski definition) is 2. The molecule has 0 atom stereocenters. The quantitative estimate of drug-likeness (QED) is 0.739. The third-order valence-corrected chi connectivity index (χ3v) is 2.73. The lowest BCUT2D eigenvalue weighted by Gasteiger charge is -2.16. The van der Waals surface area contributed by atoms with Crippen molar-refractivity contribution in [2.45, 2.75) is 6.92 Å². The number of carbonyl (C=O) groups is 2. The molecule has 0 N–H and O–H groups in total. The molecule has 0 fully saturated rings. The Bertz CT molecular complexity index is 590. The van der Waals surface area contributed by atoms with Gasteiger partial charge in [0, 0.05) is 19.7 Å². The van der Waals surface area contributed by atoms with E-state index in [2.05, 4.69) is 0 Å². The van der Waals surface area contributed by atoms with Crippen molar-refractivity contribution in [3.8, 4) is 0 Å². The topological polar surface area (TPSA) is 37.4 Å². The summed E-state index contributed by atoms with van der Waals surface area (Å²) in [6, 6.07) is 13.6. The molecule has 2 aromatic rings. The van der Waals surface area contributed by atoms with E-state index in [1.165, 1.54) is 11.8 Å². The number of amides is 1. The third-order valence-electron chi connectivity index (χ3n) is 2.73. The van der Waals surface area contributed by atoms with Crippen molar-refractivity contribution in [2.75, 3.05) is 11.9 Å². The third kappa shape index (κ3) is 2.18. The molecular formula is C14H13NO2. The molecule has 0 saturated carbocycles. The van der Waals surface area contributed by atoms with Gasteiger partial charge in [-0.3, -0.25) is 9.59 Å². The Labute approximate surface area is 99.7 Å². The maximum Gasteiger partial charge on any atom is 0.293 e. The molecule has 3 heteroatoms. The number of anilines is 1. The molecule has 0 aliphatic carbocycles. The number of carbonyl (C=O) groups excluding carboxylic acids is 2. The maximum atomic E-state index is 11.6. The van der Waals surface area contributed by atoms with Gasteiger partial charge in [0.05, 0.1) is 0 Å². The fraction of sp³-hybridized carbons (Fsp3) is 0.143. The van der Waals surface area contributed by atoms with E-state index in [4.69, 9.17) is 0 Å². The molecule has 0 unspecified atom stereocenters. The van der Waals surface area contributed by atoms with E-state index in [1.54, 1.807) is 7.05 Å². The van der Waals surface area contributed by atoms with E-state index < -0.39 is 11.7 Å². The molecule has 86 valence electrons. The molecule has 2 aromatic carbocycles. The van der Waals surface area contributed by atoms with E-state index in [0.717, 1.165) is 16.5 Å². The first-order valence-electron chi connectivity index (χ1n) is 5.37. The van der Waals surface area contributed by atoms with Crippen molar-refractivity contribution in [1.82, 2.24) is 0 Å². The number of Topliss-reactive ketones (excluding diaryl/α,β-unsaturated/α-hetero) is 1. The van der Waals surface area contributed by atoms with Crippen molar-refractivity contribution in [2.24, 2.45) is 0 Å². The van der Waals surface area contributed by atoms with E-state index in [0.29, 0.717) is 0 Å². The number of fused-ring (bicyclic) bond motifs is 1. The number of benzene rings is 2. The highest BCUT2D eigenvalue weighted by Gasteiger charge is 2.15. The number of likely N-dealkylation sites (N-methyl/N-ethyl adjacent to an activating group) is 1. The second-order valence-corrected chi connectivity index (χ2v) is 3.95. The molecule has 0 spiro atoms. The Kier molecular flexibility index (Phi) is 2.91. The van der Waals surface area contributed by atoms with E-state index >= 15 is 0 Å². The summed E-state index contributed by atoms with van der Waals surface area (Å²) >= 11 is 0. The lowest BCUT2D eigenvalue weighted by Crippen LogP contribution is -2.31. The van der Waals surface area contributed by atoms with Crippen molar-refractivity contribution in [3.63, 3.8) is 0 Å². The monoisotopic (exact) mass is 227 g/mol. The largest absolute Gasteiger partial charge is 0.309 e. The van der Waals surface area contributed by atoms with Crippen LogP contribution in [0.1, 0.15) is 6.92 Å². The van der Waals surface area contributed by atoms with Gasteiger partial charge in [0.1, 0.15) is 0 Å². The molecule has 0 radical (unpaired) electrons. The first-order valence-corrected chi connectivity index (χ1v) is 5.37. The Morgan fingerprint density at radius 2 is 1.65 bits per heavy atom. The van der Waals surface area contributed by atoms with Crippen molar-refractivity contribution < 1.29 is 9.59 Å². The number of hydrogen-bond donors (Lipinski definition) is 0. The Balaban J connectivity index is 2.43. The summed E-state index contributed by atoms with van der Waals surface area (Å²) in [4.78, 5) is 24.0. The second kappa shape index (κ2) is 4.37. The van der Waals surface area contributed by atoms with Gasteiger partial charge >= 0.3 is 0 Å². The maximum absolute atomic E-state index is 11.6. The predicted molar refractivity (Wildman–Crippen MR) is 68.0 cm³/mol. The van der Waals surface area contributed by atoms with Crippen molar-refractivity contribution in [3.05, 3.63) is 42.5 Å². The highest BCUT2D eigenvalue weighted by atomic mass is 16.2. The summed E-state index contributed by atoms with van der Waals surface area (Å²) in [5.41, 5.74) is 0.726. The van der Waals surface area contributed by atoms with Gasteiger partial charge in [0.15, 0.2) is 0 Å². The molecule has 0 aromatic heterocycles. The first kappa shape index (κ1) is 11.3. The van der Waals surface area contributed by atoms with Gasteiger partial charge in [-0.05, 0) is 22.9 Å². The van der Waals surface area contributed by atoms with Crippen LogP contribution in [-0.2, 0) is 9.59 Å². The summed E-state index contributed by atoms with van der Waals surface area (Å²) in [5.74, 6) is -0.957. The highest BCUT2D eigenvalue weighted by Crippen LogP contribution is 2.21. The SMILES string of the molecule is CC(=O)C(=O)N(C)c1ccc2ccccc2c1. The molecular weight excluding hydrogens is 214 g/mol. The summed E-state index contributed by atoms with van der Waals surface area (Å²) in [6.45, 7) is 1.28. The van der Waals surface area contributed by atoms with Crippen LogP contribution in [0.4, 0.5) is 5.69 Å². The van der Waals surface area contributed by atoms with Crippen LogP contribution in [0.3, 0.4) is 0 Å². The number of nitrogens with zero attached hydrogens (tertiary/aromatic N) is 1. The van der Waals surface area contributed by atoms with Crippen LogP contribution in [0.5, 0.6) is 0 Å². The molecule has 1 amide bonds. The first-order chi connectivity index (χ1) is 8.09. The Morgan fingerprint density at radius 3 is 2.29 bits per heavy atom. The summed E-state index contributed by atoms with van der Waals surface area (Å²) < 4.78 is 0. The summed E-state index contributed by atoms with van der Waals surface area (Å²) in [7, 11) is 1.60. The van der Waals surface area contributed by atoms with E-state index in [1.807, 2.05) is 42.5 Å². The fourth-order valence-corrected chi connectivity index (χ4v) is 1.74. The zero-order chi connectivity index (χ0) is 12.4. The normalized spacial score (nSPS) is 10.2. The van der Waals surface area contributed by atoms with Crippen molar-refractivity contribution >= 4 is 28.2 Å². The highest BCUT2D eigenvalue weighted by molar-refractivity contribution is 6.40. The minimum absolute atomic E-state index is 0.458.